The normalized spacial score (nSPS) is 12.0. The minimum Gasteiger partial charge on any atom is -0.376 e. The van der Waals surface area contributed by atoms with Gasteiger partial charge in [0.25, 0.3) is 0 Å². The fourth-order valence-electron chi connectivity index (χ4n) is 1.19. The fraction of sp³-hybridized carbons (Fsp3) is 0.917. The average molecular weight is 185 g/mol. The van der Waals surface area contributed by atoms with Crippen molar-refractivity contribution < 1.29 is 4.74 Å². The first-order chi connectivity index (χ1) is 6.06. The van der Waals surface area contributed by atoms with Gasteiger partial charge in [-0.1, -0.05) is 39.0 Å². The van der Waals surface area contributed by atoms with Crippen LogP contribution in [0.15, 0.2) is 0 Å². The van der Waals surface area contributed by atoms with Crippen LogP contribution in [0.1, 0.15) is 59.3 Å². The molecule has 1 radical (unpaired) electrons. The highest BCUT2D eigenvalue weighted by Gasteiger charge is 2.08. The maximum absolute atomic E-state index is 5.62. The predicted octanol–water partition coefficient (Wildman–Crippen LogP) is 3.98. The van der Waals surface area contributed by atoms with Crippen LogP contribution in [0.25, 0.3) is 0 Å². The quantitative estimate of drug-likeness (QED) is 0.545. The minimum absolute atomic E-state index is 0.0351. The highest BCUT2D eigenvalue weighted by molar-refractivity contribution is 4.58. The van der Waals surface area contributed by atoms with Crippen LogP contribution in [0.2, 0.25) is 0 Å². The van der Waals surface area contributed by atoms with Crippen LogP contribution in [-0.2, 0) is 4.74 Å². The monoisotopic (exact) mass is 185 g/mol. The third-order valence-corrected chi connectivity index (χ3v) is 1.93. The van der Waals surface area contributed by atoms with Crippen molar-refractivity contribution in [3.05, 3.63) is 6.92 Å². The molecule has 13 heavy (non-hydrogen) atoms. The summed E-state index contributed by atoms with van der Waals surface area (Å²) in [6.07, 6.45) is 7.53. The second-order valence-corrected chi connectivity index (χ2v) is 4.58. The molecule has 0 aromatic heterocycles. The summed E-state index contributed by atoms with van der Waals surface area (Å²) in [6, 6.07) is 0. The maximum atomic E-state index is 5.62. The summed E-state index contributed by atoms with van der Waals surface area (Å²) in [6.45, 7) is 11.1. The second-order valence-electron chi connectivity index (χ2n) is 4.58. The van der Waals surface area contributed by atoms with Gasteiger partial charge in [0.1, 0.15) is 0 Å². The van der Waals surface area contributed by atoms with E-state index in [0.29, 0.717) is 0 Å². The van der Waals surface area contributed by atoms with Gasteiger partial charge < -0.3 is 4.74 Å². The number of hydrogen-bond acceptors (Lipinski definition) is 1. The van der Waals surface area contributed by atoms with Gasteiger partial charge in [-0.2, -0.15) is 0 Å². The predicted molar refractivity (Wildman–Crippen MR) is 58.8 cm³/mol. The van der Waals surface area contributed by atoms with E-state index in [1.54, 1.807) is 0 Å². The SMILES string of the molecule is [CH2]CCCCCCCOC(C)(C)C. The molecule has 0 heterocycles. The molecule has 0 saturated carbocycles. The highest BCUT2D eigenvalue weighted by Crippen LogP contribution is 2.09. The lowest BCUT2D eigenvalue weighted by atomic mass is 10.1. The van der Waals surface area contributed by atoms with Gasteiger partial charge in [0.2, 0.25) is 0 Å². The highest BCUT2D eigenvalue weighted by atomic mass is 16.5. The van der Waals surface area contributed by atoms with E-state index in [1.807, 2.05) is 0 Å². The Morgan fingerprint density at radius 1 is 0.923 bits per heavy atom. The topological polar surface area (TPSA) is 9.23 Å². The number of unbranched alkanes of at least 4 members (excludes halogenated alkanes) is 5. The molecule has 0 aromatic carbocycles. The van der Waals surface area contributed by atoms with Gasteiger partial charge in [0.15, 0.2) is 0 Å². The minimum atomic E-state index is 0.0351. The molecule has 0 aliphatic heterocycles. The third-order valence-electron chi connectivity index (χ3n) is 1.93. The lowest BCUT2D eigenvalue weighted by Gasteiger charge is -2.19. The zero-order chi connectivity index (χ0) is 10.2. The van der Waals surface area contributed by atoms with E-state index in [2.05, 4.69) is 27.7 Å². The van der Waals surface area contributed by atoms with Gasteiger partial charge in [0.05, 0.1) is 5.60 Å². The van der Waals surface area contributed by atoms with Gasteiger partial charge >= 0.3 is 0 Å². The van der Waals surface area contributed by atoms with E-state index >= 15 is 0 Å². The molecule has 0 rings (SSSR count). The average Bonchev–Trinajstić information content (AvgIpc) is 2.01. The largest absolute Gasteiger partial charge is 0.376 e. The summed E-state index contributed by atoms with van der Waals surface area (Å²) >= 11 is 0. The lowest BCUT2D eigenvalue weighted by Crippen LogP contribution is -2.19. The summed E-state index contributed by atoms with van der Waals surface area (Å²) in [4.78, 5) is 0. The van der Waals surface area contributed by atoms with Crippen molar-refractivity contribution in [3.63, 3.8) is 0 Å². The van der Waals surface area contributed by atoms with Gasteiger partial charge in [-0.3, -0.25) is 0 Å². The molecule has 79 valence electrons. The lowest BCUT2D eigenvalue weighted by molar-refractivity contribution is -0.00474. The summed E-state index contributed by atoms with van der Waals surface area (Å²) < 4.78 is 5.62. The first kappa shape index (κ1) is 13.0. The Balaban J connectivity index is 3.00. The smallest absolute Gasteiger partial charge is 0.0598 e. The molecule has 0 fully saturated rings. The van der Waals surface area contributed by atoms with Crippen molar-refractivity contribution in [2.45, 2.75) is 64.9 Å². The Kier molecular flexibility index (Phi) is 7.35. The summed E-state index contributed by atoms with van der Waals surface area (Å²) in [5.41, 5.74) is 0.0351. The molecule has 0 N–H and O–H groups in total. The standard InChI is InChI=1S/C12H25O/c1-5-6-7-8-9-10-11-13-12(2,3)4/h1,5-11H2,2-4H3. The van der Waals surface area contributed by atoms with Crippen LogP contribution in [0.4, 0.5) is 0 Å². The number of hydrogen-bond donors (Lipinski definition) is 0. The van der Waals surface area contributed by atoms with Crippen LogP contribution < -0.4 is 0 Å². The van der Waals surface area contributed by atoms with Crippen molar-refractivity contribution in [1.82, 2.24) is 0 Å². The van der Waals surface area contributed by atoms with E-state index in [1.165, 1.54) is 32.1 Å². The number of rotatable bonds is 7. The van der Waals surface area contributed by atoms with E-state index < -0.39 is 0 Å². The molecule has 0 bridgehead atoms. The van der Waals surface area contributed by atoms with Crippen molar-refractivity contribution in [3.8, 4) is 0 Å². The molecule has 0 aliphatic rings. The Morgan fingerprint density at radius 2 is 1.46 bits per heavy atom. The van der Waals surface area contributed by atoms with Crippen LogP contribution >= 0.6 is 0 Å². The molecular weight excluding hydrogens is 160 g/mol. The first-order valence-electron chi connectivity index (χ1n) is 5.49. The fourth-order valence-corrected chi connectivity index (χ4v) is 1.19. The molecule has 1 heteroatoms. The van der Waals surface area contributed by atoms with Crippen molar-refractivity contribution >= 4 is 0 Å². The summed E-state index contributed by atoms with van der Waals surface area (Å²) in [5.74, 6) is 0. The van der Waals surface area contributed by atoms with Crippen LogP contribution in [0.3, 0.4) is 0 Å². The molecule has 0 atom stereocenters. The third kappa shape index (κ3) is 12.0. The Labute approximate surface area is 83.9 Å². The molecule has 0 aromatic rings. The van der Waals surface area contributed by atoms with E-state index in [0.717, 1.165) is 13.0 Å². The van der Waals surface area contributed by atoms with Crippen molar-refractivity contribution in [1.29, 1.82) is 0 Å². The molecular formula is C12H25O. The summed E-state index contributed by atoms with van der Waals surface area (Å²) in [5, 5.41) is 0. The van der Waals surface area contributed by atoms with Crippen molar-refractivity contribution in [2.24, 2.45) is 0 Å². The Hall–Kier alpha value is -0.0400. The summed E-state index contributed by atoms with van der Waals surface area (Å²) in [7, 11) is 0. The molecule has 0 amide bonds. The maximum Gasteiger partial charge on any atom is 0.0598 e. The molecule has 0 spiro atoms. The van der Waals surface area contributed by atoms with E-state index in [-0.39, 0.29) is 5.60 Å². The van der Waals surface area contributed by atoms with Crippen LogP contribution in [0.5, 0.6) is 0 Å². The Morgan fingerprint density at radius 3 is 2.00 bits per heavy atom. The second kappa shape index (κ2) is 7.37. The zero-order valence-corrected chi connectivity index (χ0v) is 9.57. The van der Waals surface area contributed by atoms with Gasteiger partial charge in [-0.25, -0.2) is 0 Å². The first-order valence-corrected chi connectivity index (χ1v) is 5.49. The van der Waals surface area contributed by atoms with Crippen molar-refractivity contribution in [2.75, 3.05) is 6.61 Å². The molecule has 0 aliphatic carbocycles. The molecule has 0 unspecified atom stereocenters. The van der Waals surface area contributed by atoms with Crippen LogP contribution in [0, 0.1) is 6.92 Å². The molecule has 1 nitrogen and oxygen atoms in total. The zero-order valence-electron chi connectivity index (χ0n) is 9.57. The van der Waals surface area contributed by atoms with Gasteiger partial charge in [-0.15, -0.1) is 0 Å². The van der Waals surface area contributed by atoms with E-state index in [4.69, 9.17) is 4.74 Å². The Bertz CT molecular complexity index is 102. The molecule has 0 saturated heterocycles. The van der Waals surface area contributed by atoms with Gasteiger partial charge in [-0.05, 0) is 27.2 Å². The van der Waals surface area contributed by atoms with E-state index in [9.17, 15) is 0 Å². The number of ether oxygens (including phenoxy) is 1. The van der Waals surface area contributed by atoms with Crippen LogP contribution in [-0.4, -0.2) is 12.2 Å². The van der Waals surface area contributed by atoms with Gasteiger partial charge in [0, 0.05) is 6.61 Å².